The summed E-state index contributed by atoms with van der Waals surface area (Å²) in [6.45, 7) is 5.08. The Labute approximate surface area is 214 Å². The SMILES string of the molecule is COCCN1C(=O)C(O)=C(C(=O)c2cc3cc(Cl)cc(OC)c3o2)C1c1ccc(OCC(C)C)cc1. The highest BCUT2D eigenvalue weighted by molar-refractivity contribution is 6.31. The molecule has 0 spiro atoms. The number of ketones is 1. The summed E-state index contributed by atoms with van der Waals surface area (Å²) < 4.78 is 22.1. The van der Waals surface area contributed by atoms with E-state index >= 15 is 0 Å². The van der Waals surface area contributed by atoms with E-state index < -0.39 is 23.5 Å². The first kappa shape index (κ1) is 25.6. The lowest BCUT2D eigenvalue weighted by atomic mass is 9.95. The molecule has 9 heteroatoms. The maximum Gasteiger partial charge on any atom is 0.290 e. The number of nitrogens with zero attached hydrogens (tertiary/aromatic N) is 1. The first-order valence-corrected chi connectivity index (χ1v) is 11.9. The molecule has 0 aliphatic carbocycles. The molecular weight excluding hydrogens is 486 g/mol. The normalized spacial score (nSPS) is 15.9. The lowest BCUT2D eigenvalue weighted by molar-refractivity contribution is -0.130. The van der Waals surface area contributed by atoms with Crippen LogP contribution in [-0.4, -0.2) is 55.7 Å². The van der Waals surface area contributed by atoms with Crippen LogP contribution in [0.2, 0.25) is 5.02 Å². The average Bonchev–Trinajstić information content (AvgIpc) is 3.39. The van der Waals surface area contributed by atoms with Crippen LogP contribution in [0.5, 0.6) is 11.5 Å². The molecule has 0 saturated carbocycles. The van der Waals surface area contributed by atoms with Gasteiger partial charge in [-0.05, 0) is 35.7 Å². The third-order valence-electron chi connectivity index (χ3n) is 5.85. The van der Waals surface area contributed by atoms with Gasteiger partial charge in [0.2, 0.25) is 5.78 Å². The van der Waals surface area contributed by atoms with Crippen LogP contribution in [0.15, 0.2) is 58.2 Å². The molecule has 1 aliphatic rings. The van der Waals surface area contributed by atoms with Crippen molar-refractivity contribution in [2.24, 2.45) is 5.92 Å². The minimum atomic E-state index is -0.835. The highest BCUT2D eigenvalue weighted by Crippen LogP contribution is 2.41. The van der Waals surface area contributed by atoms with Gasteiger partial charge >= 0.3 is 0 Å². The smallest absolute Gasteiger partial charge is 0.290 e. The quantitative estimate of drug-likeness (QED) is 0.365. The number of benzene rings is 2. The third-order valence-corrected chi connectivity index (χ3v) is 6.07. The molecule has 0 saturated heterocycles. The number of fused-ring (bicyclic) bond motifs is 1. The molecule has 1 aliphatic heterocycles. The van der Waals surface area contributed by atoms with Crippen LogP contribution >= 0.6 is 11.6 Å². The Balaban J connectivity index is 1.74. The lowest BCUT2D eigenvalue weighted by Gasteiger charge is -2.26. The minimum absolute atomic E-state index is 0.0459. The maximum atomic E-state index is 13.7. The Morgan fingerprint density at radius 1 is 1.17 bits per heavy atom. The van der Waals surface area contributed by atoms with E-state index in [2.05, 4.69) is 13.8 Å². The highest BCUT2D eigenvalue weighted by Gasteiger charge is 2.44. The molecule has 2 aromatic carbocycles. The van der Waals surface area contributed by atoms with Crippen molar-refractivity contribution in [2.45, 2.75) is 19.9 Å². The summed E-state index contributed by atoms with van der Waals surface area (Å²) in [4.78, 5) is 28.1. The second-order valence-corrected chi connectivity index (χ2v) is 9.33. The van der Waals surface area contributed by atoms with Crippen LogP contribution in [0.1, 0.15) is 36.0 Å². The van der Waals surface area contributed by atoms with Crippen LogP contribution in [0.3, 0.4) is 0 Å². The number of Topliss-reactive ketones (excluding diaryl/α,β-unsaturated/α-hetero) is 1. The fraction of sp³-hybridized carbons (Fsp3) is 0.333. The van der Waals surface area contributed by atoms with Gasteiger partial charge in [0.25, 0.3) is 5.91 Å². The summed E-state index contributed by atoms with van der Waals surface area (Å²) in [5, 5.41) is 11.8. The van der Waals surface area contributed by atoms with Crippen molar-refractivity contribution in [3.05, 3.63) is 70.1 Å². The van der Waals surface area contributed by atoms with Gasteiger partial charge in [0.1, 0.15) is 5.75 Å². The minimum Gasteiger partial charge on any atom is -0.503 e. The van der Waals surface area contributed by atoms with Crippen molar-refractivity contribution in [2.75, 3.05) is 34.0 Å². The molecular formula is C27H28ClNO7. The Kier molecular flexibility index (Phi) is 7.56. The van der Waals surface area contributed by atoms with Gasteiger partial charge in [-0.3, -0.25) is 9.59 Å². The number of carbonyl (C=O) groups excluding carboxylic acids is 2. The number of halogens is 1. The Hall–Kier alpha value is -3.49. The molecule has 0 bridgehead atoms. The van der Waals surface area contributed by atoms with Gasteiger partial charge in [-0.1, -0.05) is 37.6 Å². The van der Waals surface area contributed by atoms with Crippen LogP contribution in [-0.2, 0) is 9.53 Å². The molecule has 1 unspecified atom stereocenters. The van der Waals surface area contributed by atoms with Gasteiger partial charge in [0.05, 0.1) is 31.9 Å². The first-order valence-electron chi connectivity index (χ1n) is 11.5. The Morgan fingerprint density at radius 3 is 2.53 bits per heavy atom. The van der Waals surface area contributed by atoms with Gasteiger partial charge in [0, 0.05) is 30.1 Å². The summed E-state index contributed by atoms with van der Waals surface area (Å²) in [6.07, 6.45) is 0. The standard InChI is InChI=1S/C27H28ClNO7/c1-15(2)14-35-19-7-5-16(6-8-19)23-22(25(31)27(32)29(23)9-10-33-3)24(30)20-12-17-11-18(28)13-21(34-4)26(17)36-20/h5-8,11-13,15,23,31H,9-10,14H2,1-4H3. The average molecular weight is 514 g/mol. The van der Waals surface area contributed by atoms with Gasteiger partial charge in [0.15, 0.2) is 22.9 Å². The zero-order valence-corrected chi connectivity index (χ0v) is 21.3. The van der Waals surface area contributed by atoms with E-state index in [0.717, 1.165) is 0 Å². The number of hydrogen-bond donors (Lipinski definition) is 1. The molecule has 4 rings (SSSR count). The number of ether oxygens (including phenoxy) is 3. The molecule has 190 valence electrons. The Morgan fingerprint density at radius 2 is 1.89 bits per heavy atom. The number of carbonyl (C=O) groups is 2. The molecule has 1 aromatic heterocycles. The number of rotatable bonds is 10. The van der Waals surface area contributed by atoms with Crippen molar-refractivity contribution in [3.8, 4) is 11.5 Å². The first-order chi connectivity index (χ1) is 17.2. The van der Waals surface area contributed by atoms with Gasteiger partial charge in [-0.25, -0.2) is 0 Å². The molecule has 1 amide bonds. The third kappa shape index (κ3) is 4.92. The molecule has 2 heterocycles. The van der Waals surface area contributed by atoms with Crippen LogP contribution < -0.4 is 9.47 Å². The summed E-state index contributed by atoms with van der Waals surface area (Å²) >= 11 is 6.15. The summed E-state index contributed by atoms with van der Waals surface area (Å²) in [7, 11) is 2.99. The summed E-state index contributed by atoms with van der Waals surface area (Å²) in [6, 6.07) is 11.0. The topological polar surface area (TPSA) is 98.4 Å². The predicted octanol–water partition coefficient (Wildman–Crippen LogP) is 5.35. The number of hydrogen-bond acceptors (Lipinski definition) is 7. The van der Waals surface area contributed by atoms with Gasteiger partial charge < -0.3 is 28.6 Å². The van der Waals surface area contributed by atoms with E-state index in [4.69, 9.17) is 30.2 Å². The molecule has 1 atom stereocenters. The van der Waals surface area contributed by atoms with Gasteiger partial charge in [-0.2, -0.15) is 0 Å². The zero-order valence-electron chi connectivity index (χ0n) is 20.5. The number of aliphatic hydroxyl groups excluding tert-OH is 1. The molecule has 1 N–H and O–H groups in total. The zero-order chi connectivity index (χ0) is 26.0. The van der Waals surface area contributed by atoms with E-state index in [-0.39, 0.29) is 24.5 Å². The fourth-order valence-corrected chi connectivity index (χ4v) is 4.36. The number of furan rings is 1. The Bertz CT molecular complexity index is 1310. The van der Waals surface area contributed by atoms with E-state index in [0.29, 0.717) is 45.6 Å². The van der Waals surface area contributed by atoms with Crippen molar-refractivity contribution >= 4 is 34.3 Å². The maximum absolute atomic E-state index is 13.7. The molecule has 8 nitrogen and oxygen atoms in total. The lowest BCUT2D eigenvalue weighted by Crippen LogP contribution is -2.34. The summed E-state index contributed by atoms with van der Waals surface area (Å²) in [5.41, 5.74) is 0.908. The van der Waals surface area contributed by atoms with Crippen molar-refractivity contribution in [3.63, 3.8) is 0 Å². The second kappa shape index (κ2) is 10.6. The van der Waals surface area contributed by atoms with E-state index in [1.165, 1.54) is 25.2 Å². The fourth-order valence-electron chi connectivity index (χ4n) is 4.14. The van der Waals surface area contributed by atoms with Gasteiger partial charge in [-0.15, -0.1) is 0 Å². The van der Waals surface area contributed by atoms with E-state index in [1.54, 1.807) is 36.4 Å². The van der Waals surface area contributed by atoms with Crippen molar-refractivity contribution < 1.29 is 33.3 Å². The van der Waals surface area contributed by atoms with E-state index in [9.17, 15) is 14.7 Å². The number of amides is 1. The highest BCUT2D eigenvalue weighted by atomic mass is 35.5. The number of methoxy groups -OCH3 is 2. The van der Waals surface area contributed by atoms with Crippen LogP contribution in [0.25, 0.3) is 11.0 Å². The van der Waals surface area contributed by atoms with Crippen LogP contribution in [0, 0.1) is 5.92 Å². The predicted molar refractivity (Wildman–Crippen MR) is 135 cm³/mol. The monoisotopic (exact) mass is 513 g/mol. The van der Waals surface area contributed by atoms with E-state index in [1.807, 2.05) is 0 Å². The summed E-state index contributed by atoms with van der Waals surface area (Å²) in [5.74, 6) is -0.530. The molecule has 3 aromatic rings. The van der Waals surface area contributed by atoms with Crippen molar-refractivity contribution in [1.29, 1.82) is 0 Å². The van der Waals surface area contributed by atoms with Crippen molar-refractivity contribution in [1.82, 2.24) is 4.90 Å². The van der Waals surface area contributed by atoms with Crippen LogP contribution in [0.4, 0.5) is 0 Å². The molecule has 36 heavy (non-hydrogen) atoms. The molecule has 0 fully saturated rings. The largest absolute Gasteiger partial charge is 0.503 e. The number of aliphatic hydroxyl groups is 1. The second-order valence-electron chi connectivity index (χ2n) is 8.90. The molecule has 0 radical (unpaired) electrons.